The molecular formula is C16H25N3O2S. The fourth-order valence-corrected chi connectivity index (χ4v) is 5.12. The molecule has 3 rings (SSSR count). The van der Waals surface area contributed by atoms with Crippen LogP contribution < -0.4 is 0 Å². The van der Waals surface area contributed by atoms with Gasteiger partial charge in [-0.15, -0.1) is 0 Å². The summed E-state index contributed by atoms with van der Waals surface area (Å²) < 4.78 is 5.45. The summed E-state index contributed by atoms with van der Waals surface area (Å²) in [6.07, 6.45) is 8.64. The highest BCUT2D eigenvalue weighted by molar-refractivity contribution is 8.00. The second kappa shape index (κ2) is 7.02. The van der Waals surface area contributed by atoms with Crippen molar-refractivity contribution in [2.45, 2.75) is 63.0 Å². The molecule has 0 atom stereocenters. The zero-order valence-electron chi connectivity index (χ0n) is 13.3. The molecular weight excluding hydrogens is 298 g/mol. The topological polar surface area (TPSA) is 59.2 Å². The minimum Gasteiger partial charge on any atom is -0.340 e. The van der Waals surface area contributed by atoms with Crippen LogP contribution in [0.5, 0.6) is 0 Å². The molecule has 2 fully saturated rings. The van der Waals surface area contributed by atoms with Gasteiger partial charge in [-0.2, -0.15) is 16.7 Å². The third-order valence-electron chi connectivity index (χ3n) is 4.72. The maximum absolute atomic E-state index is 12.5. The van der Waals surface area contributed by atoms with Crippen molar-refractivity contribution in [3.63, 3.8) is 0 Å². The average molecular weight is 323 g/mol. The Morgan fingerprint density at radius 1 is 1.36 bits per heavy atom. The van der Waals surface area contributed by atoms with Gasteiger partial charge in [0, 0.05) is 36.4 Å². The van der Waals surface area contributed by atoms with Crippen molar-refractivity contribution in [2.24, 2.45) is 0 Å². The summed E-state index contributed by atoms with van der Waals surface area (Å²) in [6, 6.07) is 0. The molecule has 22 heavy (non-hydrogen) atoms. The van der Waals surface area contributed by atoms with E-state index in [4.69, 9.17) is 4.52 Å². The molecule has 1 aliphatic heterocycles. The van der Waals surface area contributed by atoms with Gasteiger partial charge in [0.1, 0.15) is 0 Å². The second-order valence-corrected chi connectivity index (χ2v) is 8.06. The number of nitrogens with zero attached hydrogens (tertiary/aromatic N) is 3. The van der Waals surface area contributed by atoms with Gasteiger partial charge in [-0.1, -0.05) is 24.4 Å². The van der Waals surface area contributed by atoms with E-state index in [0.717, 1.165) is 25.3 Å². The zero-order chi connectivity index (χ0) is 15.4. The van der Waals surface area contributed by atoms with Crippen molar-refractivity contribution in [1.82, 2.24) is 15.0 Å². The number of hydrogen-bond donors (Lipinski definition) is 0. The first-order valence-electron chi connectivity index (χ1n) is 8.38. The molecule has 1 aliphatic carbocycles. The summed E-state index contributed by atoms with van der Waals surface area (Å²) in [5.41, 5.74) is 0. The fraction of sp³-hybridized carbons (Fsp3) is 0.812. The van der Waals surface area contributed by atoms with Crippen molar-refractivity contribution < 1.29 is 9.32 Å². The van der Waals surface area contributed by atoms with Crippen molar-refractivity contribution in [3.8, 4) is 0 Å². The summed E-state index contributed by atoms with van der Waals surface area (Å²) in [7, 11) is 0. The van der Waals surface area contributed by atoms with E-state index in [0.29, 0.717) is 35.2 Å². The lowest BCUT2D eigenvalue weighted by atomic mass is 9.87. The summed E-state index contributed by atoms with van der Waals surface area (Å²) in [4.78, 5) is 18.7. The first-order chi connectivity index (χ1) is 10.7. The predicted octanol–water partition coefficient (Wildman–Crippen LogP) is 2.98. The maximum atomic E-state index is 12.5. The number of amides is 1. The van der Waals surface area contributed by atoms with Crippen LogP contribution in [0.4, 0.5) is 0 Å². The van der Waals surface area contributed by atoms with E-state index >= 15 is 0 Å². The third kappa shape index (κ3) is 3.83. The van der Waals surface area contributed by atoms with E-state index in [9.17, 15) is 4.79 Å². The van der Waals surface area contributed by atoms with E-state index in [1.165, 1.54) is 32.1 Å². The minimum atomic E-state index is 0.293. The molecule has 1 saturated heterocycles. The van der Waals surface area contributed by atoms with Crippen LogP contribution in [0.2, 0.25) is 0 Å². The molecule has 5 nitrogen and oxygen atoms in total. The first-order valence-corrected chi connectivity index (χ1v) is 9.36. The van der Waals surface area contributed by atoms with E-state index in [-0.39, 0.29) is 0 Å². The Morgan fingerprint density at radius 2 is 2.18 bits per heavy atom. The van der Waals surface area contributed by atoms with Crippen LogP contribution in [0.3, 0.4) is 0 Å². The Bertz CT molecular complexity index is 506. The number of thioether (sulfide) groups is 1. The molecule has 6 heteroatoms. The molecule has 1 spiro atoms. The molecule has 0 aromatic carbocycles. The number of rotatable bonds is 4. The summed E-state index contributed by atoms with van der Waals surface area (Å²) >= 11 is 2.10. The third-order valence-corrected chi connectivity index (χ3v) is 6.25. The van der Waals surface area contributed by atoms with Crippen molar-refractivity contribution >= 4 is 17.7 Å². The highest BCUT2D eigenvalue weighted by Crippen LogP contribution is 2.42. The highest BCUT2D eigenvalue weighted by atomic mass is 32.2. The molecule has 0 bridgehead atoms. The lowest BCUT2D eigenvalue weighted by Gasteiger charge is -2.44. The van der Waals surface area contributed by atoms with Crippen molar-refractivity contribution in [1.29, 1.82) is 0 Å². The van der Waals surface area contributed by atoms with E-state index in [1.807, 2.05) is 6.92 Å². The number of aryl methyl sites for hydroxylation is 2. The highest BCUT2D eigenvalue weighted by Gasteiger charge is 2.38. The van der Waals surface area contributed by atoms with Crippen molar-refractivity contribution in [3.05, 3.63) is 11.7 Å². The Hall–Kier alpha value is -1.04. The molecule has 1 aromatic heterocycles. The van der Waals surface area contributed by atoms with Gasteiger partial charge in [-0.25, -0.2) is 0 Å². The SMILES string of the molecule is Cc1noc(CCCC(=O)N2CCSC3(CCCCC3)C2)n1. The van der Waals surface area contributed by atoms with Gasteiger partial charge >= 0.3 is 0 Å². The molecule has 122 valence electrons. The summed E-state index contributed by atoms with van der Waals surface area (Å²) in [6.45, 7) is 3.67. The largest absolute Gasteiger partial charge is 0.340 e. The quantitative estimate of drug-likeness (QED) is 0.852. The fourth-order valence-electron chi connectivity index (χ4n) is 3.55. The lowest BCUT2D eigenvalue weighted by molar-refractivity contribution is -0.131. The van der Waals surface area contributed by atoms with Crippen LogP contribution >= 0.6 is 11.8 Å². The minimum absolute atomic E-state index is 0.293. The summed E-state index contributed by atoms with van der Waals surface area (Å²) in [5.74, 6) is 2.69. The molecule has 1 aromatic rings. The molecule has 1 saturated carbocycles. The van der Waals surface area contributed by atoms with E-state index < -0.39 is 0 Å². The van der Waals surface area contributed by atoms with Crippen LogP contribution in [0.1, 0.15) is 56.7 Å². The van der Waals surface area contributed by atoms with Gasteiger partial charge in [-0.3, -0.25) is 4.79 Å². The summed E-state index contributed by atoms with van der Waals surface area (Å²) in [5, 5.41) is 3.78. The molecule has 2 aliphatic rings. The number of aromatic nitrogens is 2. The molecule has 0 radical (unpaired) electrons. The average Bonchev–Trinajstić information content (AvgIpc) is 2.93. The monoisotopic (exact) mass is 323 g/mol. The molecule has 1 amide bonds. The standard InChI is InChI=1S/C16H25N3O2S/c1-13-17-14(21-18-13)6-5-7-15(20)19-10-11-22-16(12-19)8-3-2-4-9-16/h2-12H2,1H3. The Balaban J connectivity index is 1.47. The Morgan fingerprint density at radius 3 is 2.91 bits per heavy atom. The number of carbonyl (C=O) groups is 1. The van der Waals surface area contributed by atoms with Crippen LogP contribution in [0.25, 0.3) is 0 Å². The predicted molar refractivity (Wildman–Crippen MR) is 86.8 cm³/mol. The smallest absolute Gasteiger partial charge is 0.226 e. The zero-order valence-corrected chi connectivity index (χ0v) is 14.2. The Kier molecular flexibility index (Phi) is 5.06. The maximum Gasteiger partial charge on any atom is 0.226 e. The van der Waals surface area contributed by atoms with E-state index in [1.54, 1.807) is 0 Å². The molecule has 2 heterocycles. The van der Waals surface area contributed by atoms with Crippen LogP contribution in [-0.4, -0.2) is 44.5 Å². The number of carbonyl (C=O) groups excluding carboxylic acids is 1. The van der Waals surface area contributed by atoms with E-state index in [2.05, 4.69) is 26.8 Å². The Labute approximate surface area is 136 Å². The van der Waals surface area contributed by atoms with Crippen LogP contribution in [0, 0.1) is 6.92 Å². The van der Waals surface area contributed by atoms with Gasteiger partial charge in [0.2, 0.25) is 11.8 Å². The van der Waals surface area contributed by atoms with Crippen LogP contribution in [0.15, 0.2) is 4.52 Å². The van der Waals surface area contributed by atoms with Gasteiger partial charge in [-0.05, 0) is 26.2 Å². The number of hydrogen-bond acceptors (Lipinski definition) is 5. The van der Waals surface area contributed by atoms with Crippen molar-refractivity contribution in [2.75, 3.05) is 18.8 Å². The molecule has 0 unspecified atom stereocenters. The van der Waals surface area contributed by atoms with Gasteiger partial charge in [0.25, 0.3) is 0 Å². The van der Waals surface area contributed by atoms with Crippen LogP contribution in [-0.2, 0) is 11.2 Å². The lowest BCUT2D eigenvalue weighted by Crippen LogP contribution is -2.49. The van der Waals surface area contributed by atoms with Gasteiger partial charge in [0.05, 0.1) is 0 Å². The second-order valence-electron chi connectivity index (χ2n) is 6.50. The van der Waals surface area contributed by atoms with Gasteiger partial charge in [0.15, 0.2) is 5.82 Å². The normalized spacial score (nSPS) is 21.2. The molecule has 0 N–H and O–H groups in total. The first kappa shape index (κ1) is 15.8. The van der Waals surface area contributed by atoms with Gasteiger partial charge < -0.3 is 9.42 Å².